The first-order valence-corrected chi connectivity index (χ1v) is 11.6. The lowest BCUT2D eigenvalue weighted by Crippen LogP contribution is -2.05. The van der Waals surface area contributed by atoms with Gasteiger partial charge in [0.15, 0.2) is 0 Å². The predicted octanol–water partition coefficient (Wildman–Crippen LogP) is 6.36. The Morgan fingerprint density at radius 3 is 1.59 bits per heavy atom. The van der Waals surface area contributed by atoms with Gasteiger partial charge in [-0.1, -0.05) is 48.5 Å². The molecule has 0 amide bonds. The van der Waals surface area contributed by atoms with Crippen molar-refractivity contribution in [2.75, 3.05) is 11.1 Å². The molecule has 0 saturated carbocycles. The predicted molar refractivity (Wildman–Crippen MR) is 148 cm³/mol. The average Bonchev–Trinajstić information content (AvgIpc) is 2.90. The van der Waals surface area contributed by atoms with E-state index in [9.17, 15) is 29.8 Å². The summed E-state index contributed by atoms with van der Waals surface area (Å²) in [5.41, 5.74) is 5.96. The molecule has 0 unspecified atom stereocenters. The number of rotatable bonds is 6. The van der Waals surface area contributed by atoms with Crippen molar-refractivity contribution in [1.29, 1.82) is 0 Å². The monoisotopic (exact) mass is 596 g/mol. The van der Waals surface area contributed by atoms with Gasteiger partial charge in [-0.3, -0.25) is 20.2 Å². The second kappa shape index (κ2) is 14.4. The summed E-state index contributed by atoms with van der Waals surface area (Å²) < 4.78 is -0.00694. The highest BCUT2D eigenvalue weighted by Crippen LogP contribution is 2.31. The third-order valence-electron chi connectivity index (χ3n) is 4.72. The molecule has 4 aromatic carbocycles. The van der Waals surface area contributed by atoms with Crippen LogP contribution in [0.15, 0.2) is 102 Å². The molecule has 0 aliphatic rings. The maximum Gasteiger partial charge on any atom is 0.338 e. The van der Waals surface area contributed by atoms with Crippen molar-refractivity contribution in [3.05, 3.63) is 133 Å². The fourth-order valence-electron chi connectivity index (χ4n) is 2.95. The van der Waals surface area contributed by atoms with E-state index in [4.69, 9.17) is 15.9 Å². The molecular formula is C26H21BrN4O8. The van der Waals surface area contributed by atoms with E-state index < -0.39 is 21.8 Å². The summed E-state index contributed by atoms with van der Waals surface area (Å²) in [4.78, 5) is 41.8. The molecular weight excluding hydrogens is 576 g/mol. The van der Waals surface area contributed by atoms with Crippen LogP contribution in [0.25, 0.3) is 0 Å². The molecule has 0 aromatic heterocycles. The zero-order valence-corrected chi connectivity index (χ0v) is 21.5. The van der Waals surface area contributed by atoms with Gasteiger partial charge in [-0.05, 0) is 52.3 Å². The Kier molecular flexibility index (Phi) is 11.1. The van der Waals surface area contributed by atoms with Gasteiger partial charge >= 0.3 is 11.9 Å². The molecule has 0 radical (unpaired) electrons. The minimum absolute atomic E-state index is 0.00694. The smallest absolute Gasteiger partial charge is 0.338 e. The summed E-state index contributed by atoms with van der Waals surface area (Å²) in [5, 5.41) is 41.8. The Labute approximate surface area is 229 Å². The molecule has 0 saturated heterocycles. The summed E-state index contributed by atoms with van der Waals surface area (Å²) >= 11 is 2.86. The Hall–Kier alpha value is -5.30. The van der Waals surface area contributed by atoms with Gasteiger partial charge in [0.05, 0.1) is 21.0 Å². The number of halogens is 1. The van der Waals surface area contributed by atoms with Crippen molar-refractivity contribution in [3.63, 3.8) is 0 Å². The largest absolute Gasteiger partial charge is 0.478 e. The number of carboxylic acid groups (broad SMARTS) is 2. The van der Waals surface area contributed by atoms with Gasteiger partial charge in [0, 0.05) is 23.5 Å². The number of carbonyl (C=O) groups is 2. The zero-order chi connectivity index (χ0) is 28.9. The van der Waals surface area contributed by atoms with Gasteiger partial charge < -0.3 is 21.3 Å². The maximum absolute atomic E-state index is 11.1. The van der Waals surface area contributed by atoms with Crippen LogP contribution in [-0.4, -0.2) is 32.0 Å². The van der Waals surface area contributed by atoms with Crippen LogP contribution >= 0.6 is 15.9 Å². The first-order valence-electron chi connectivity index (χ1n) is 10.8. The van der Waals surface area contributed by atoms with Gasteiger partial charge in [-0.15, -0.1) is 0 Å². The lowest BCUT2D eigenvalue weighted by molar-refractivity contribution is -0.385. The van der Waals surface area contributed by atoms with Crippen molar-refractivity contribution in [2.45, 2.75) is 0 Å². The van der Waals surface area contributed by atoms with E-state index in [1.165, 1.54) is 36.4 Å². The third kappa shape index (κ3) is 8.94. The van der Waals surface area contributed by atoms with Crippen molar-refractivity contribution < 1.29 is 29.6 Å². The Morgan fingerprint density at radius 1 is 0.692 bits per heavy atom. The quantitative estimate of drug-likeness (QED) is 0.110. The Morgan fingerprint density at radius 2 is 1.15 bits per heavy atom. The van der Waals surface area contributed by atoms with Crippen LogP contribution in [0.4, 0.5) is 28.4 Å². The van der Waals surface area contributed by atoms with Crippen molar-refractivity contribution >= 4 is 56.3 Å². The van der Waals surface area contributed by atoms with Crippen LogP contribution < -0.4 is 11.1 Å². The molecule has 200 valence electrons. The average molecular weight is 597 g/mol. The molecule has 4 rings (SSSR count). The molecule has 5 N–H and O–H groups in total. The lowest BCUT2D eigenvalue weighted by Gasteiger charge is -2.09. The zero-order valence-electron chi connectivity index (χ0n) is 19.9. The summed E-state index contributed by atoms with van der Waals surface area (Å²) in [7, 11) is 0. The first kappa shape index (κ1) is 29.9. The maximum atomic E-state index is 11.1. The van der Waals surface area contributed by atoms with Gasteiger partial charge in [0.25, 0.3) is 11.4 Å². The van der Waals surface area contributed by atoms with Crippen molar-refractivity contribution in [1.82, 2.24) is 0 Å². The molecule has 39 heavy (non-hydrogen) atoms. The lowest BCUT2D eigenvalue weighted by atomic mass is 10.1. The first-order chi connectivity index (χ1) is 18.5. The number of carboxylic acids is 2. The molecule has 0 aliphatic heterocycles. The van der Waals surface area contributed by atoms with Crippen molar-refractivity contribution in [2.24, 2.45) is 0 Å². The number of anilines is 3. The normalized spacial score (nSPS) is 9.56. The van der Waals surface area contributed by atoms with E-state index in [-0.39, 0.29) is 32.7 Å². The van der Waals surface area contributed by atoms with Crippen molar-refractivity contribution in [3.8, 4) is 0 Å². The molecule has 0 bridgehead atoms. The highest BCUT2D eigenvalue weighted by molar-refractivity contribution is 9.10. The van der Waals surface area contributed by atoms with E-state index in [0.717, 1.165) is 5.69 Å². The highest BCUT2D eigenvalue weighted by Gasteiger charge is 2.21. The van der Waals surface area contributed by atoms with Gasteiger partial charge in [-0.25, -0.2) is 9.59 Å². The number of nitrogen functional groups attached to an aromatic ring is 1. The molecule has 0 aliphatic carbocycles. The van der Waals surface area contributed by atoms with E-state index in [1.807, 2.05) is 30.3 Å². The second-order valence-corrected chi connectivity index (χ2v) is 8.16. The van der Waals surface area contributed by atoms with E-state index in [0.29, 0.717) is 5.69 Å². The number of nitrogens with one attached hydrogen (secondary N) is 1. The minimum atomic E-state index is -1.22. The molecule has 13 heteroatoms. The molecule has 0 heterocycles. The number of hydrogen-bond acceptors (Lipinski definition) is 8. The number of aromatic carboxylic acids is 2. The molecule has 0 spiro atoms. The molecule has 0 fully saturated rings. The van der Waals surface area contributed by atoms with Crippen LogP contribution in [0, 0.1) is 20.2 Å². The van der Waals surface area contributed by atoms with Crippen LogP contribution in [0.3, 0.4) is 0 Å². The fourth-order valence-corrected chi connectivity index (χ4v) is 3.53. The Balaban J connectivity index is 0.000000229. The number of nitrogens with zero attached hydrogens (tertiary/aromatic N) is 2. The summed E-state index contributed by atoms with van der Waals surface area (Å²) in [6, 6.07) is 25.9. The fraction of sp³-hybridized carbons (Fsp3) is 0. The summed E-state index contributed by atoms with van der Waals surface area (Å²) in [6.45, 7) is 0. The number of para-hydroxylation sites is 3. The third-order valence-corrected chi connectivity index (χ3v) is 5.55. The standard InChI is InChI=1S/C13H10N2O4.C7H4BrNO4.C6H7N/c16-13(17)10-7-4-8-11(15(18)19)12(10)14-9-5-2-1-3-6-9;8-6-4(7(10)11)2-1-3-5(6)9(12)13;7-6-4-2-1-3-5-6/h1-8,14H,(H,16,17);1-3H,(H,10,11);1-5H,7H2. The highest BCUT2D eigenvalue weighted by atomic mass is 79.9. The molecule has 0 atom stereocenters. The summed E-state index contributed by atoms with van der Waals surface area (Å²) in [5.74, 6) is -2.42. The summed E-state index contributed by atoms with van der Waals surface area (Å²) in [6.07, 6.45) is 0. The minimum Gasteiger partial charge on any atom is -0.478 e. The number of nitro benzene ring substituents is 2. The second-order valence-electron chi connectivity index (χ2n) is 7.36. The van der Waals surface area contributed by atoms with E-state index >= 15 is 0 Å². The number of hydrogen-bond donors (Lipinski definition) is 4. The van der Waals surface area contributed by atoms with Gasteiger partial charge in [-0.2, -0.15) is 0 Å². The van der Waals surface area contributed by atoms with Gasteiger partial charge in [0.2, 0.25) is 0 Å². The van der Waals surface area contributed by atoms with E-state index in [1.54, 1.807) is 30.3 Å². The number of nitrogens with two attached hydrogens (primary N) is 1. The molecule has 4 aromatic rings. The van der Waals surface area contributed by atoms with Crippen LogP contribution in [0.2, 0.25) is 0 Å². The van der Waals surface area contributed by atoms with Crippen LogP contribution in [-0.2, 0) is 0 Å². The van der Waals surface area contributed by atoms with Crippen LogP contribution in [0.5, 0.6) is 0 Å². The topological polar surface area (TPSA) is 199 Å². The van der Waals surface area contributed by atoms with Gasteiger partial charge in [0.1, 0.15) is 10.2 Å². The van der Waals surface area contributed by atoms with Crippen LogP contribution in [0.1, 0.15) is 20.7 Å². The number of benzene rings is 4. The number of nitro groups is 2. The Bertz CT molecular complexity index is 1400. The van der Waals surface area contributed by atoms with E-state index in [2.05, 4.69) is 21.2 Å². The molecule has 12 nitrogen and oxygen atoms in total. The SMILES string of the molecule is Nc1ccccc1.O=C(O)c1cccc([N+](=O)[O-])c1Br.O=C(O)c1cccc([N+](=O)[O-])c1Nc1ccccc1.